The van der Waals surface area contributed by atoms with Gasteiger partial charge in [0.15, 0.2) is 11.5 Å². The van der Waals surface area contributed by atoms with E-state index < -0.39 is 12.1 Å². The molecule has 2 heterocycles. The van der Waals surface area contributed by atoms with E-state index in [4.69, 9.17) is 4.74 Å². The molecule has 1 aliphatic heterocycles. The number of benzene rings is 2. The van der Waals surface area contributed by atoms with E-state index in [1.807, 2.05) is 6.92 Å². The second kappa shape index (κ2) is 11.3. The van der Waals surface area contributed by atoms with Gasteiger partial charge in [-0.1, -0.05) is 19.1 Å². The number of methoxy groups -OCH3 is 1. The second-order valence-corrected chi connectivity index (χ2v) is 8.55. The van der Waals surface area contributed by atoms with Crippen LogP contribution in [-0.4, -0.2) is 41.0 Å². The van der Waals surface area contributed by atoms with Gasteiger partial charge in [0.2, 0.25) is 5.91 Å². The number of ether oxygens (including phenoxy) is 2. The SMILES string of the molecule is CCC1CC(=O)N(Cc2ccc(NC(=O)c3ccncc3)cc2)N=C1c1ccc(OC)c(OC(F)(F)F)c1. The second-order valence-electron chi connectivity index (χ2n) is 8.55. The number of hydrazone groups is 1. The first kappa shape index (κ1) is 26.6. The van der Waals surface area contributed by atoms with Crippen molar-refractivity contribution in [3.05, 3.63) is 83.7 Å². The van der Waals surface area contributed by atoms with Crippen LogP contribution < -0.4 is 14.8 Å². The molecule has 4 rings (SSSR count). The predicted molar refractivity (Wildman–Crippen MR) is 134 cm³/mol. The number of rotatable bonds is 8. The third kappa shape index (κ3) is 6.47. The van der Waals surface area contributed by atoms with E-state index in [-0.39, 0.29) is 36.4 Å². The summed E-state index contributed by atoms with van der Waals surface area (Å²) in [5.41, 5.74) is 2.70. The first-order chi connectivity index (χ1) is 18.2. The van der Waals surface area contributed by atoms with Crippen LogP contribution in [0.3, 0.4) is 0 Å². The minimum Gasteiger partial charge on any atom is -0.493 e. The Bertz CT molecular complexity index is 1330. The van der Waals surface area contributed by atoms with Gasteiger partial charge in [-0.2, -0.15) is 5.10 Å². The lowest BCUT2D eigenvalue weighted by molar-refractivity contribution is -0.275. The molecule has 0 bridgehead atoms. The van der Waals surface area contributed by atoms with E-state index >= 15 is 0 Å². The third-order valence-corrected chi connectivity index (χ3v) is 5.99. The van der Waals surface area contributed by atoms with Crippen molar-refractivity contribution in [1.29, 1.82) is 0 Å². The summed E-state index contributed by atoms with van der Waals surface area (Å²) < 4.78 is 47.9. The van der Waals surface area contributed by atoms with Gasteiger partial charge in [0, 0.05) is 41.5 Å². The largest absolute Gasteiger partial charge is 0.573 e. The van der Waals surface area contributed by atoms with Crippen LogP contribution in [0.5, 0.6) is 11.5 Å². The van der Waals surface area contributed by atoms with Gasteiger partial charge in [-0.05, 0) is 54.4 Å². The van der Waals surface area contributed by atoms with E-state index in [2.05, 4.69) is 20.1 Å². The molecule has 198 valence electrons. The number of hydrogen-bond acceptors (Lipinski definition) is 6. The smallest absolute Gasteiger partial charge is 0.493 e. The summed E-state index contributed by atoms with van der Waals surface area (Å²) in [4.78, 5) is 29.1. The quantitative estimate of drug-likeness (QED) is 0.424. The topological polar surface area (TPSA) is 93.1 Å². The molecule has 1 unspecified atom stereocenters. The minimum atomic E-state index is -4.89. The molecular weight excluding hydrogens is 501 g/mol. The van der Waals surface area contributed by atoms with Crippen molar-refractivity contribution >= 4 is 23.2 Å². The highest BCUT2D eigenvalue weighted by Gasteiger charge is 2.34. The number of hydrogen-bond donors (Lipinski definition) is 1. The Morgan fingerprint density at radius 2 is 1.79 bits per heavy atom. The molecule has 8 nitrogen and oxygen atoms in total. The number of nitrogens with zero attached hydrogens (tertiary/aromatic N) is 3. The zero-order valence-corrected chi connectivity index (χ0v) is 20.7. The summed E-state index contributed by atoms with van der Waals surface area (Å²) in [7, 11) is 1.25. The molecule has 0 aliphatic carbocycles. The molecule has 1 atom stereocenters. The average molecular weight is 527 g/mol. The van der Waals surface area contributed by atoms with Gasteiger partial charge in [-0.15, -0.1) is 13.2 Å². The average Bonchev–Trinajstić information content (AvgIpc) is 2.90. The van der Waals surface area contributed by atoms with Crippen LogP contribution in [0, 0.1) is 5.92 Å². The molecule has 11 heteroatoms. The Balaban J connectivity index is 1.54. The zero-order chi connectivity index (χ0) is 27.3. The molecule has 2 amide bonds. The molecule has 0 fully saturated rings. The summed E-state index contributed by atoms with van der Waals surface area (Å²) in [5, 5.41) is 8.63. The minimum absolute atomic E-state index is 0.0698. The number of anilines is 1. The number of carbonyl (C=O) groups is 2. The van der Waals surface area contributed by atoms with Crippen LogP contribution in [0.4, 0.5) is 18.9 Å². The lowest BCUT2D eigenvalue weighted by Gasteiger charge is -2.29. The number of carbonyl (C=O) groups excluding carboxylic acids is 2. The van der Waals surface area contributed by atoms with E-state index in [1.54, 1.807) is 42.5 Å². The van der Waals surface area contributed by atoms with Crippen molar-refractivity contribution in [2.45, 2.75) is 32.7 Å². The Morgan fingerprint density at radius 3 is 2.42 bits per heavy atom. The fourth-order valence-electron chi connectivity index (χ4n) is 4.05. The molecule has 1 aliphatic rings. The van der Waals surface area contributed by atoms with Gasteiger partial charge in [-0.3, -0.25) is 14.6 Å². The normalized spacial score (nSPS) is 15.6. The summed E-state index contributed by atoms with van der Waals surface area (Å²) >= 11 is 0. The van der Waals surface area contributed by atoms with Crippen LogP contribution >= 0.6 is 0 Å². The molecule has 0 radical (unpaired) electrons. The van der Waals surface area contributed by atoms with Crippen molar-refractivity contribution in [2.75, 3.05) is 12.4 Å². The van der Waals surface area contributed by atoms with E-state index in [9.17, 15) is 22.8 Å². The Kier molecular flexibility index (Phi) is 7.94. The number of nitrogens with one attached hydrogen (secondary N) is 1. The van der Waals surface area contributed by atoms with Crippen molar-refractivity contribution in [3.63, 3.8) is 0 Å². The van der Waals surface area contributed by atoms with Gasteiger partial charge >= 0.3 is 6.36 Å². The molecule has 2 aromatic carbocycles. The first-order valence-electron chi connectivity index (χ1n) is 11.8. The van der Waals surface area contributed by atoms with Gasteiger partial charge in [0.1, 0.15) is 0 Å². The van der Waals surface area contributed by atoms with E-state index in [1.165, 1.54) is 36.6 Å². The van der Waals surface area contributed by atoms with Crippen LogP contribution in [-0.2, 0) is 11.3 Å². The van der Waals surface area contributed by atoms with E-state index in [0.29, 0.717) is 28.9 Å². The van der Waals surface area contributed by atoms with Crippen molar-refractivity contribution in [3.8, 4) is 11.5 Å². The standard InChI is InChI=1S/C27H25F3N4O4/c1-3-18-15-24(35)34(33-25(18)20-6-9-22(37-2)23(14-20)38-27(28,29)30)16-17-4-7-21(8-5-17)32-26(36)19-10-12-31-13-11-19/h4-14,18H,3,15-16H2,1-2H3,(H,32,36). The van der Waals surface area contributed by atoms with Crippen LogP contribution in [0.2, 0.25) is 0 Å². The fourth-order valence-corrected chi connectivity index (χ4v) is 4.05. The summed E-state index contributed by atoms with van der Waals surface area (Å²) in [6, 6.07) is 14.4. The zero-order valence-electron chi connectivity index (χ0n) is 20.7. The highest BCUT2D eigenvalue weighted by atomic mass is 19.4. The molecule has 1 aromatic heterocycles. The van der Waals surface area contributed by atoms with E-state index in [0.717, 1.165) is 5.56 Å². The van der Waals surface area contributed by atoms with Gasteiger partial charge in [0.25, 0.3) is 5.91 Å². The Labute approximate surface area is 217 Å². The van der Waals surface area contributed by atoms with Crippen molar-refractivity contribution in [1.82, 2.24) is 9.99 Å². The lowest BCUT2D eigenvalue weighted by atomic mass is 9.89. The van der Waals surface area contributed by atoms with Crippen molar-refractivity contribution in [2.24, 2.45) is 11.0 Å². The van der Waals surface area contributed by atoms with Gasteiger partial charge in [0.05, 0.1) is 19.4 Å². The van der Waals surface area contributed by atoms with Gasteiger partial charge < -0.3 is 14.8 Å². The Hall–Kier alpha value is -4.41. The lowest BCUT2D eigenvalue weighted by Crippen LogP contribution is -2.36. The first-order valence-corrected chi connectivity index (χ1v) is 11.8. The number of aromatic nitrogens is 1. The summed E-state index contributed by atoms with van der Waals surface area (Å²) in [6.45, 7) is 2.04. The molecule has 3 aromatic rings. The molecule has 0 saturated carbocycles. The maximum Gasteiger partial charge on any atom is 0.573 e. The van der Waals surface area contributed by atoms with Crippen LogP contribution in [0.15, 0.2) is 72.1 Å². The third-order valence-electron chi connectivity index (χ3n) is 5.99. The van der Waals surface area contributed by atoms with Crippen molar-refractivity contribution < 1.29 is 32.2 Å². The number of alkyl halides is 3. The maximum atomic E-state index is 12.9. The molecule has 0 saturated heterocycles. The maximum absolute atomic E-state index is 12.9. The van der Waals surface area contributed by atoms with Gasteiger partial charge in [-0.25, -0.2) is 5.01 Å². The number of halogens is 3. The monoisotopic (exact) mass is 526 g/mol. The number of amides is 2. The number of pyridine rings is 1. The summed E-state index contributed by atoms with van der Waals surface area (Å²) in [5.74, 6) is -1.30. The molecule has 1 N–H and O–H groups in total. The molecular formula is C27H25F3N4O4. The molecule has 0 spiro atoms. The fraction of sp³-hybridized carbons (Fsp3) is 0.259. The molecule has 38 heavy (non-hydrogen) atoms. The predicted octanol–water partition coefficient (Wildman–Crippen LogP) is 5.40. The Morgan fingerprint density at radius 1 is 1.08 bits per heavy atom. The highest BCUT2D eigenvalue weighted by Crippen LogP contribution is 2.35. The van der Waals surface area contributed by atoms with Crippen LogP contribution in [0.25, 0.3) is 0 Å². The van der Waals surface area contributed by atoms with Crippen LogP contribution in [0.1, 0.15) is 41.3 Å². The highest BCUT2D eigenvalue weighted by molar-refractivity contribution is 6.06. The summed E-state index contributed by atoms with van der Waals surface area (Å²) in [6.07, 6.45) is -1.09.